The molecule has 0 radical (unpaired) electrons. The molecule has 0 aliphatic rings. The van der Waals surface area contributed by atoms with Gasteiger partial charge in [0.2, 0.25) is 0 Å². The van der Waals surface area contributed by atoms with Crippen LogP contribution in [-0.2, 0) is 0 Å². The smallest absolute Gasteiger partial charge is 0.129 e. The Bertz CT molecular complexity index is 382. The summed E-state index contributed by atoms with van der Waals surface area (Å²) < 4.78 is 26.4. The minimum atomic E-state index is -1.01. The van der Waals surface area contributed by atoms with Crippen LogP contribution < -0.4 is 5.32 Å². The van der Waals surface area contributed by atoms with Gasteiger partial charge in [0.15, 0.2) is 0 Å². The number of aliphatic hydroxyl groups is 1. The summed E-state index contributed by atoms with van der Waals surface area (Å²) >= 11 is 0. The van der Waals surface area contributed by atoms with E-state index in [2.05, 4.69) is 19.2 Å². The van der Waals surface area contributed by atoms with E-state index in [1.165, 1.54) is 6.42 Å². The number of unbranched alkanes of at least 4 members (excludes halogenated alkanes) is 1. The molecule has 2 N–H and O–H groups in total. The first-order chi connectivity index (χ1) is 9.00. The van der Waals surface area contributed by atoms with Gasteiger partial charge in [-0.3, -0.25) is 0 Å². The lowest BCUT2D eigenvalue weighted by Crippen LogP contribution is -2.23. The van der Waals surface area contributed by atoms with E-state index in [1.807, 2.05) is 0 Å². The average Bonchev–Trinajstić information content (AvgIpc) is 2.36. The summed E-state index contributed by atoms with van der Waals surface area (Å²) in [4.78, 5) is 0. The second-order valence-electron chi connectivity index (χ2n) is 5.28. The number of benzene rings is 1. The van der Waals surface area contributed by atoms with Crippen LogP contribution >= 0.6 is 0 Å². The number of aliphatic hydroxyl groups excluding tert-OH is 1. The van der Waals surface area contributed by atoms with E-state index in [0.717, 1.165) is 37.6 Å². The van der Waals surface area contributed by atoms with Gasteiger partial charge in [-0.2, -0.15) is 0 Å². The van der Waals surface area contributed by atoms with Crippen molar-refractivity contribution < 1.29 is 13.9 Å². The molecule has 1 atom stereocenters. The van der Waals surface area contributed by atoms with Crippen molar-refractivity contribution in [2.24, 2.45) is 5.92 Å². The number of hydrogen-bond acceptors (Lipinski definition) is 2. The van der Waals surface area contributed by atoms with Crippen LogP contribution in [0.4, 0.5) is 8.78 Å². The highest BCUT2D eigenvalue weighted by Gasteiger charge is 2.13. The fourth-order valence-electron chi connectivity index (χ4n) is 1.92. The molecule has 0 saturated heterocycles. The minimum absolute atomic E-state index is 0.00896. The van der Waals surface area contributed by atoms with Crippen molar-refractivity contribution >= 4 is 0 Å². The summed E-state index contributed by atoms with van der Waals surface area (Å²) in [5, 5.41) is 12.9. The molecule has 2 nitrogen and oxygen atoms in total. The van der Waals surface area contributed by atoms with E-state index in [-0.39, 0.29) is 12.1 Å². The Hall–Kier alpha value is -1.00. The molecule has 0 heterocycles. The van der Waals surface area contributed by atoms with Crippen LogP contribution in [0.3, 0.4) is 0 Å². The van der Waals surface area contributed by atoms with E-state index in [4.69, 9.17) is 0 Å². The summed E-state index contributed by atoms with van der Waals surface area (Å²) in [7, 11) is 0. The van der Waals surface area contributed by atoms with Crippen LogP contribution in [0.15, 0.2) is 18.2 Å². The monoisotopic (exact) mass is 271 g/mol. The van der Waals surface area contributed by atoms with E-state index in [1.54, 1.807) is 0 Å². The molecular weight excluding hydrogens is 248 g/mol. The van der Waals surface area contributed by atoms with Crippen molar-refractivity contribution in [2.75, 3.05) is 13.1 Å². The quantitative estimate of drug-likeness (QED) is 0.710. The summed E-state index contributed by atoms with van der Waals surface area (Å²) in [5.74, 6) is -0.408. The first-order valence-electron chi connectivity index (χ1n) is 6.84. The molecule has 0 aliphatic heterocycles. The minimum Gasteiger partial charge on any atom is -0.387 e. The zero-order valence-electron chi connectivity index (χ0n) is 11.6. The van der Waals surface area contributed by atoms with Gasteiger partial charge in [0.05, 0.1) is 6.10 Å². The number of nitrogens with one attached hydrogen (secondary N) is 1. The van der Waals surface area contributed by atoms with Crippen molar-refractivity contribution in [3.63, 3.8) is 0 Å². The predicted molar refractivity (Wildman–Crippen MR) is 72.9 cm³/mol. The first kappa shape index (κ1) is 16.1. The zero-order chi connectivity index (χ0) is 14.3. The largest absolute Gasteiger partial charge is 0.387 e. The Morgan fingerprint density at radius 2 is 1.95 bits per heavy atom. The Labute approximate surface area is 113 Å². The van der Waals surface area contributed by atoms with Crippen LogP contribution in [-0.4, -0.2) is 18.2 Å². The molecule has 0 spiro atoms. The van der Waals surface area contributed by atoms with Gasteiger partial charge in [0, 0.05) is 12.1 Å². The SMILES string of the molecule is CC(C)CCCCNCC(O)c1cc(F)ccc1F. The van der Waals surface area contributed by atoms with Gasteiger partial charge < -0.3 is 10.4 Å². The van der Waals surface area contributed by atoms with Gasteiger partial charge in [-0.15, -0.1) is 0 Å². The van der Waals surface area contributed by atoms with Gasteiger partial charge in [-0.05, 0) is 37.1 Å². The topological polar surface area (TPSA) is 32.3 Å². The lowest BCUT2D eigenvalue weighted by atomic mass is 10.1. The van der Waals surface area contributed by atoms with Crippen molar-refractivity contribution in [2.45, 2.75) is 39.2 Å². The van der Waals surface area contributed by atoms with Crippen LogP contribution in [0.5, 0.6) is 0 Å². The van der Waals surface area contributed by atoms with Gasteiger partial charge >= 0.3 is 0 Å². The summed E-state index contributed by atoms with van der Waals surface area (Å²) in [6, 6.07) is 3.13. The fraction of sp³-hybridized carbons (Fsp3) is 0.600. The first-order valence-corrected chi connectivity index (χ1v) is 6.84. The molecule has 1 rings (SSSR count). The normalized spacial score (nSPS) is 12.9. The molecule has 19 heavy (non-hydrogen) atoms. The number of hydrogen-bond donors (Lipinski definition) is 2. The molecule has 0 saturated carbocycles. The lowest BCUT2D eigenvalue weighted by Gasteiger charge is -2.13. The Kier molecular flexibility index (Phi) is 6.95. The van der Waals surface area contributed by atoms with E-state index < -0.39 is 17.7 Å². The maximum absolute atomic E-state index is 13.4. The van der Waals surface area contributed by atoms with E-state index in [0.29, 0.717) is 5.92 Å². The van der Waals surface area contributed by atoms with Crippen LogP contribution in [0.2, 0.25) is 0 Å². The summed E-state index contributed by atoms with van der Waals surface area (Å²) in [6.45, 7) is 5.39. The third kappa shape index (κ3) is 6.12. The maximum Gasteiger partial charge on any atom is 0.129 e. The van der Waals surface area contributed by atoms with Crippen LogP contribution in [0, 0.1) is 17.6 Å². The molecule has 0 aromatic heterocycles. The van der Waals surface area contributed by atoms with Crippen LogP contribution in [0.25, 0.3) is 0 Å². The lowest BCUT2D eigenvalue weighted by molar-refractivity contribution is 0.169. The molecule has 1 aromatic rings. The van der Waals surface area contributed by atoms with E-state index >= 15 is 0 Å². The molecule has 4 heteroatoms. The predicted octanol–water partition coefficient (Wildman–Crippen LogP) is 3.41. The molecule has 0 bridgehead atoms. The third-order valence-electron chi connectivity index (χ3n) is 3.04. The van der Waals surface area contributed by atoms with Gasteiger partial charge in [0.25, 0.3) is 0 Å². The molecule has 0 aliphatic carbocycles. The van der Waals surface area contributed by atoms with Crippen molar-refractivity contribution in [1.82, 2.24) is 5.32 Å². The molecule has 108 valence electrons. The molecular formula is C15H23F2NO. The number of halogens is 2. The maximum atomic E-state index is 13.4. The highest BCUT2D eigenvalue weighted by molar-refractivity contribution is 5.21. The average molecular weight is 271 g/mol. The summed E-state index contributed by atoms with van der Waals surface area (Å²) in [5.41, 5.74) is 0.00896. The van der Waals surface area contributed by atoms with Gasteiger partial charge in [-0.25, -0.2) is 8.78 Å². The standard InChI is InChI=1S/C15H23F2NO/c1-11(2)5-3-4-8-18-10-15(19)13-9-12(16)6-7-14(13)17/h6-7,9,11,15,18-19H,3-5,8,10H2,1-2H3. The Balaban J connectivity index is 2.27. The zero-order valence-corrected chi connectivity index (χ0v) is 11.6. The molecule has 1 aromatic carbocycles. The Morgan fingerprint density at radius 1 is 1.21 bits per heavy atom. The third-order valence-corrected chi connectivity index (χ3v) is 3.04. The Morgan fingerprint density at radius 3 is 2.63 bits per heavy atom. The second-order valence-corrected chi connectivity index (χ2v) is 5.28. The van der Waals surface area contributed by atoms with E-state index in [9.17, 15) is 13.9 Å². The molecule has 0 amide bonds. The molecule has 0 fully saturated rings. The van der Waals surface area contributed by atoms with Gasteiger partial charge in [-0.1, -0.05) is 26.7 Å². The highest BCUT2D eigenvalue weighted by atomic mass is 19.1. The highest BCUT2D eigenvalue weighted by Crippen LogP contribution is 2.17. The fourth-order valence-corrected chi connectivity index (χ4v) is 1.92. The van der Waals surface area contributed by atoms with Gasteiger partial charge in [0.1, 0.15) is 11.6 Å². The van der Waals surface area contributed by atoms with Crippen molar-refractivity contribution in [3.05, 3.63) is 35.4 Å². The van der Waals surface area contributed by atoms with Crippen molar-refractivity contribution in [1.29, 1.82) is 0 Å². The second kappa shape index (κ2) is 8.23. The number of rotatable bonds is 8. The van der Waals surface area contributed by atoms with Crippen molar-refractivity contribution in [3.8, 4) is 0 Å². The van der Waals surface area contributed by atoms with Crippen LogP contribution in [0.1, 0.15) is 44.8 Å². The summed E-state index contributed by atoms with van der Waals surface area (Å²) in [6.07, 6.45) is 2.33. The molecule has 1 unspecified atom stereocenters.